The molecule has 0 atom stereocenters. The zero-order valence-electron chi connectivity index (χ0n) is 15.1. The van der Waals surface area contributed by atoms with Gasteiger partial charge in [-0.05, 0) is 52.2 Å². The Morgan fingerprint density at radius 2 is 2.00 bits per heavy atom. The molecule has 8 heteroatoms. The lowest BCUT2D eigenvalue weighted by Crippen LogP contribution is -2.24. The first-order chi connectivity index (χ1) is 13.4. The molecule has 0 saturated carbocycles. The van der Waals surface area contributed by atoms with Gasteiger partial charge in [-0.25, -0.2) is 0 Å². The van der Waals surface area contributed by atoms with E-state index in [0.29, 0.717) is 51.5 Å². The first-order valence-corrected chi connectivity index (χ1v) is 10.1. The molecule has 0 unspecified atom stereocenters. The number of hydrogen-bond acceptors (Lipinski definition) is 5. The lowest BCUT2D eigenvalue weighted by atomic mass is 10.0. The van der Waals surface area contributed by atoms with E-state index < -0.39 is 0 Å². The van der Waals surface area contributed by atoms with Gasteiger partial charge in [-0.3, -0.25) is 4.79 Å². The van der Waals surface area contributed by atoms with E-state index in [-0.39, 0.29) is 12.6 Å². The Labute approximate surface area is 180 Å². The van der Waals surface area contributed by atoms with E-state index in [4.69, 9.17) is 37.4 Å². The van der Waals surface area contributed by atoms with Crippen molar-refractivity contribution in [2.75, 3.05) is 27.5 Å². The van der Waals surface area contributed by atoms with Crippen molar-refractivity contribution in [2.24, 2.45) is 0 Å². The standard InChI is InChI=1S/C20H16BrCl2NO4/c1-24-6-5-11-13(18(26-2)20-19(16(11)21)27-9-28-20)8-15(24)17(25)12-4-3-10(22)7-14(12)23/h3-4,7-8H,5-6,9H2,1-2H3. The van der Waals surface area contributed by atoms with Gasteiger partial charge < -0.3 is 19.1 Å². The van der Waals surface area contributed by atoms with Crippen LogP contribution in [0.25, 0.3) is 6.08 Å². The number of hydrogen-bond donors (Lipinski definition) is 0. The molecule has 5 nitrogen and oxygen atoms in total. The van der Waals surface area contributed by atoms with E-state index in [9.17, 15) is 4.79 Å². The van der Waals surface area contributed by atoms with E-state index in [1.54, 1.807) is 25.3 Å². The molecule has 2 aromatic rings. The van der Waals surface area contributed by atoms with Crippen LogP contribution in [-0.4, -0.2) is 38.2 Å². The summed E-state index contributed by atoms with van der Waals surface area (Å²) in [5.41, 5.74) is 2.69. The minimum Gasteiger partial charge on any atom is -0.492 e. The molecular weight excluding hydrogens is 469 g/mol. The lowest BCUT2D eigenvalue weighted by molar-refractivity contribution is 0.100. The molecule has 0 aliphatic carbocycles. The van der Waals surface area contributed by atoms with Crippen LogP contribution in [0.15, 0.2) is 28.4 Å². The van der Waals surface area contributed by atoms with Crippen LogP contribution in [0.5, 0.6) is 17.2 Å². The minimum absolute atomic E-state index is 0.128. The Morgan fingerprint density at radius 1 is 1.25 bits per heavy atom. The lowest BCUT2D eigenvalue weighted by Gasteiger charge is -2.20. The van der Waals surface area contributed by atoms with E-state index in [1.807, 2.05) is 18.0 Å². The number of benzene rings is 2. The topological polar surface area (TPSA) is 48.0 Å². The summed E-state index contributed by atoms with van der Waals surface area (Å²) in [6.07, 6.45) is 2.52. The molecule has 2 aliphatic heterocycles. The van der Waals surface area contributed by atoms with Crippen LogP contribution in [-0.2, 0) is 6.42 Å². The number of rotatable bonds is 3. The van der Waals surface area contributed by atoms with E-state index in [1.165, 1.54) is 0 Å². The molecule has 0 fully saturated rings. The van der Waals surface area contributed by atoms with Gasteiger partial charge in [-0.2, -0.15) is 0 Å². The number of fused-ring (bicyclic) bond motifs is 2. The number of nitrogens with zero attached hydrogens (tertiary/aromatic N) is 1. The molecule has 2 aliphatic rings. The third kappa shape index (κ3) is 3.13. The van der Waals surface area contributed by atoms with Gasteiger partial charge in [-0.1, -0.05) is 23.2 Å². The highest BCUT2D eigenvalue weighted by Crippen LogP contribution is 2.51. The maximum absolute atomic E-state index is 13.3. The van der Waals surface area contributed by atoms with Gasteiger partial charge in [0, 0.05) is 29.7 Å². The number of ketones is 1. The SMILES string of the molecule is COc1c2c(c(Br)c3c1OCO3)CCN(C)C(C(=O)c1ccc(Cl)cc1Cl)=C2. The van der Waals surface area contributed by atoms with E-state index >= 15 is 0 Å². The van der Waals surface area contributed by atoms with E-state index in [2.05, 4.69) is 15.9 Å². The Balaban J connectivity index is 1.89. The van der Waals surface area contributed by atoms with Crippen LogP contribution in [0.2, 0.25) is 10.0 Å². The predicted octanol–water partition coefficient (Wildman–Crippen LogP) is 5.20. The average Bonchev–Trinajstić information content (AvgIpc) is 3.08. The number of allylic oxidation sites excluding steroid dienone is 1. The second-order valence-corrected chi connectivity index (χ2v) is 8.10. The predicted molar refractivity (Wildman–Crippen MR) is 112 cm³/mol. The summed E-state index contributed by atoms with van der Waals surface area (Å²) in [5, 5.41) is 0.795. The molecule has 28 heavy (non-hydrogen) atoms. The van der Waals surface area contributed by atoms with Crippen molar-refractivity contribution in [2.45, 2.75) is 6.42 Å². The normalized spacial score (nSPS) is 15.0. The van der Waals surface area contributed by atoms with Gasteiger partial charge in [0.15, 0.2) is 11.5 Å². The number of methoxy groups -OCH3 is 1. The molecule has 0 N–H and O–H groups in total. The largest absolute Gasteiger partial charge is 0.492 e. The summed E-state index contributed by atoms with van der Waals surface area (Å²) < 4.78 is 17.7. The fraction of sp³-hybridized carbons (Fsp3) is 0.250. The molecule has 0 radical (unpaired) electrons. The Morgan fingerprint density at radius 3 is 2.71 bits per heavy atom. The van der Waals surface area contributed by atoms with Gasteiger partial charge in [0.25, 0.3) is 0 Å². The maximum atomic E-state index is 13.3. The molecule has 0 spiro atoms. The highest BCUT2D eigenvalue weighted by atomic mass is 79.9. The van der Waals surface area contributed by atoms with Gasteiger partial charge in [0.2, 0.25) is 18.3 Å². The molecule has 0 bridgehead atoms. The summed E-state index contributed by atoms with van der Waals surface area (Å²) in [7, 11) is 3.45. The van der Waals surface area contributed by atoms with Crippen LogP contribution < -0.4 is 14.2 Å². The van der Waals surface area contributed by atoms with Crippen molar-refractivity contribution in [3.05, 3.63) is 55.1 Å². The smallest absolute Gasteiger partial charge is 0.231 e. The quantitative estimate of drug-likeness (QED) is 0.560. The minimum atomic E-state index is -0.187. The van der Waals surface area contributed by atoms with Gasteiger partial charge in [0.05, 0.1) is 22.3 Å². The van der Waals surface area contributed by atoms with Crippen LogP contribution in [0, 0.1) is 0 Å². The first kappa shape index (κ1) is 19.4. The number of likely N-dealkylation sites (N-methyl/N-ethyl adjacent to an activating group) is 1. The zero-order valence-corrected chi connectivity index (χ0v) is 18.2. The average molecular weight is 485 g/mol. The van der Waals surface area contributed by atoms with Crippen LogP contribution in [0.4, 0.5) is 0 Å². The second-order valence-electron chi connectivity index (χ2n) is 6.46. The van der Waals surface area contributed by atoms with Crippen molar-refractivity contribution in [3.8, 4) is 17.2 Å². The summed E-state index contributed by atoms with van der Waals surface area (Å²) in [5.74, 6) is 1.52. The van der Waals surface area contributed by atoms with Gasteiger partial charge in [0.1, 0.15) is 0 Å². The molecule has 2 heterocycles. The molecule has 0 amide bonds. The molecular formula is C20H16BrCl2NO4. The Kier molecular flexibility index (Phi) is 5.21. The molecule has 0 aromatic heterocycles. The van der Waals surface area contributed by atoms with Gasteiger partial charge in [-0.15, -0.1) is 0 Å². The van der Waals surface area contributed by atoms with Crippen molar-refractivity contribution >= 4 is 51.0 Å². The number of halogens is 3. The van der Waals surface area contributed by atoms with Crippen molar-refractivity contribution < 1.29 is 19.0 Å². The first-order valence-electron chi connectivity index (χ1n) is 8.53. The maximum Gasteiger partial charge on any atom is 0.231 e. The van der Waals surface area contributed by atoms with Crippen molar-refractivity contribution in [1.82, 2.24) is 4.90 Å². The summed E-state index contributed by atoms with van der Waals surface area (Å²) in [6, 6.07) is 4.86. The number of ether oxygens (including phenoxy) is 3. The molecule has 0 saturated heterocycles. The molecule has 2 aromatic carbocycles. The highest BCUT2D eigenvalue weighted by molar-refractivity contribution is 9.10. The second kappa shape index (κ2) is 7.50. The number of carbonyl (C=O) groups excluding carboxylic acids is 1. The number of carbonyl (C=O) groups is 1. The summed E-state index contributed by atoms with van der Waals surface area (Å²) >= 11 is 15.9. The fourth-order valence-corrected chi connectivity index (χ4v) is 4.62. The van der Waals surface area contributed by atoms with Crippen molar-refractivity contribution in [3.63, 3.8) is 0 Å². The van der Waals surface area contributed by atoms with Crippen molar-refractivity contribution in [1.29, 1.82) is 0 Å². The van der Waals surface area contributed by atoms with Crippen LogP contribution in [0.3, 0.4) is 0 Å². The monoisotopic (exact) mass is 483 g/mol. The summed E-state index contributed by atoms with van der Waals surface area (Å²) in [6.45, 7) is 0.764. The third-order valence-corrected chi connectivity index (χ3v) is 6.24. The Hall–Kier alpha value is -1.89. The third-order valence-electron chi connectivity index (χ3n) is 4.86. The molecule has 4 rings (SSSR count). The highest BCUT2D eigenvalue weighted by Gasteiger charge is 2.32. The zero-order chi connectivity index (χ0) is 20.0. The van der Waals surface area contributed by atoms with Crippen LogP contribution >= 0.6 is 39.1 Å². The summed E-state index contributed by atoms with van der Waals surface area (Å²) in [4.78, 5) is 15.2. The van der Waals surface area contributed by atoms with E-state index in [0.717, 1.165) is 15.6 Å². The number of Topliss-reactive ketones (excluding diaryl/α,β-unsaturated/α-hetero) is 1. The van der Waals surface area contributed by atoms with Crippen LogP contribution in [0.1, 0.15) is 21.5 Å². The Bertz CT molecular complexity index is 1020. The fourth-order valence-electron chi connectivity index (χ4n) is 3.42. The van der Waals surface area contributed by atoms with Gasteiger partial charge >= 0.3 is 0 Å². The molecule has 146 valence electrons.